The summed E-state index contributed by atoms with van der Waals surface area (Å²) in [6.45, 7) is 0. The van der Waals surface area contributed by atoms with Gasteiger partial charge in [-0.1, -0.05) is 18.2 Å². The Morgan fingerprint density at radius 2 is 1.48 bits per heavy atom. The van der Waals surface area contributed by atoms with Crippen LogP contribution in [-0.4, -0.2) is 24.7 Å². The van der Waals surface area contributed by atoms with Crippen LogP contribution >= 0.6 is 0 Å². The maximum atomic E-state index is 4.61. The van der Waals surface area contributed by atoms with Crippen molar-refractivity contribution in [3.63, 3.8) is 0 Å². The molecule has 0 bridgehead atoms. The summed E-state index contributed by atoms with van der Waals surface area (Å²) in [5, 5.41) is 4.50. The van der Waals surface area contributed by atoms with Crippen LogP contribution in [0.25, 0.3) is 0 Å². The Hall–Kier alpha value is -3.34. The lowest BCUT2D eigenvalue weighted by atomic mass is 9.85. The molecule has 122 valence electrons. The molecule has 1 atom stereocenters. The van der Waals surface area contributed by atoms with E-state index >= 15 is 0 Å². The molecule has 4 aromatic rings. The Labute approximate surface area is 146 Å². The second-order valence-electron chi connectivity index (χ2n) is 5.74. The third kappa shape index (κ3) is 3.17. The van der Waals surface area contributed by atoms with Gasteiger partial charge in [-0.05, 0) is 41.5 Å². The Kier molecular flexibility index (Phi) is 4.29. The average molecular weight is 327 g/mol. The Bertz CT molecular complexity index is 853. The molecule has 5 heteroatoms. The van der Waals surface area contributed by atoms with E-state index in [1.165, 1.54) is 0 Å². The number of aromatic nitrogens is 5. The quantitative estimate of drug-likeness (QED) is 0.563. The van der Waals surface area contributed by atoms with Gasteiger partial charge >= 0.3 is 0 Å². The van der Waals surface area contributed by atoms with Gasteiger partial charge in [0, 0.05) is 49.3 Å². The molecule has 0 aliphatic rings. The van der Waals surface area contributed by atoms with E-state index in [4.69, 9.17) is 0 Å². The van der Waals surface area contributed by atoms with Gasteiger partial charge in [-0.15, -0.1) is 0 Å². The van der Waals surface area contributed by atoms with Crippen molar-refractivity contribution in [2.24, 2.45) is 0 Å². The second kappa shape index (κ2) is 7.05. The molecule has 0 N–H and O–H groups in total. The number of rotatable bonds is 5. The highest BCUT2D eigenvalue weighted by Crippen LogP contribution is 2.37. The molecular weight excluding hydrogens is 310 g/mol. The maximum absolute atomic E-state index is 4.61. The zero-order valence-electron chi connectivity index (χ0n) is 13.6. The van der Waals surface area contributed by atoms with Gasteiger partial charge in [0.25, 0.3) is 0 Å². The molecule has 25 heavy (non-hydrogen) atoms. The lowest BCUT2D eigenvalue weighted by molar-refractivity contribution is 0.462. The smallest absolute Gasteiger partial charge is 0.105 e. The van der Waals surface area contributed by atoms with Gasteiger partial charge in [-0.25, -0.2) is 0 Å². The molecule has 4 aromatic heterocycles. The Morgan fingerprint density at radius 3 is 2.00 bits per heavy atom. The molecule has 0 spiro atoms. The minimum atomic E-state index is -0.0930. The summed E-state index contributed by atoms with van der Waals surface area (Å²) >= 11 is 0. The second-order valence-corrected chi connectivity index (χ2v) is 5.74. The first kappa shape index (κ1) is 15.2. The molecular formula is C20H17N5. The molecule has 4 rings (SSSR count). The van der Waals surface area contributed by atoms with E-state index in [1.807, 2.05) is 65.9 Å². The first-order chi connectivity index (χ1) is 12.4. The lowest BCUT2D eigenvalue weighted by Crippen LogP contribution is -2.22. The summed E-state index contributed by atoms with van der Waals surface area (Å²) in [6, 6.07) is 15.9. The van der Waals surface area contributed by atoms with Crippen molar-refractivity contribution in [3.05, 3.63) is 109 Å². The number of nitrogens with zero attached hydrogens (tertiary/aromatic N) is 5. The average Bonchev–Trinajstić information content (AvgIpc) is 3.22. The van der Waals surface area contributed by atoms with Crippen molar-refractivity contribution in [2.45, 2.75) is 12.0 Å². The number of hydrogen-bond donors (Lipinski definition) is 0. The molecule has 0 saturated heterocycles. The van der Waals surface area contributed by atoms with Gasteiger partial charge in [-0.3, -0.25) is 19.6 Å². The van der Waals surface area contributed by atoms with E-state index in [0.29, 0.717) is 0 Å². The van der Waals surface area contributed by atoms with Crippen LogP contribution in [0.5, 0.6) is 0 Å². The van der Waals surface area contributed by atoms with Crippen LogP contribution in [-0.2, 0) is 0 Å². The van der Waals surface area contributed by atoms with E-state index in [-0.39, 0.29) is 12.0 Å². The minimum Gasteiger partial charge on any atom is -0.264 e. The molecule has 0 fully saturated rings. The first-order valence-corrected chi connectivity index (χ1v) is 8.13. The van der Waals surface area contributed by atoms with E-state index in [0.717, 1.165) is 16.8 Å². The van der Waals surface area contributed by atoms with Crippen molar-refractivity contribution in [3.8, 4) is 0 Å². The van der Waals surface area contributed by atoms with Gasteiger partial charge in [-0.2, -0.15) is 5.10 Å². The summed E-state index contributed by atoms with van der Waals surface area (Å²) in [4.78, 5) is 13.2. The third-order valence-corrected chi connectivity index (χ3v) is 4.20. The van der Waals surface area contributed by atoms with Crippen LogP contribution in [0.4, 0.5) is 0 Å². The fourth-order valence-corrected chi connectivity index (χ4v) is 3.13. The number of pyridine rings is 3. The molecule has 0 aliphatic carbocycles. The Balaban J connectivity index is 1.91. The summed E-state index contributed by atoms with van der Waals surface area (Å²) in [6.07, 6.45) is 12.9. The van der Waals surface area contributed by atoms with E-state index in [2.05, 4.69) is 32.2 Å². The van der Waals surface area contributed by atoms with Gasteiger partial charge < -0.3 is 0 Å². The van der Waals surface area contributed by atoms with Gasteiger partial charge in [0.1, 0.15) is 6.04 Å². The normalized spacial score (nSPS) is 12.2. The van der Waals surface area contributed by atoms with E-state index < -0.39 is 0 Å². The Morgan fingerprint density at radius 1 is 0.720 bits per heavy atom. The predicted molar refractivity (Wildman–Crippen MR) is 94.9 cm³/mol. The summed E-state index contributed by atoms with van der Waals surface area (Å²) in [7, 11) is 0. The maximum Gasteiger partial charge on any atom is 0.105 e. The largest absolute Gasteiger partial charge is 0.264 e. The SMILES string of the molecule is c1ccc(C(C(c2cccnc2)c2cccnc2)n2cccn2)nc1. The zero-order chi connectivity index (χ0) is 16.9. The van der Waals surface area contributed by atoms with Gasteiger partial charge in [0.2, 0.25) is 0 Å². The number of hydrogen-bond acceptors (Lipinski definition) is 4. The van der Waals surface area contributed by atoms with Crippen molar-refractivity contribution < 1.29 is 0 Å². The zero-order valence-corrected chi connectivity index (χ0v) is 13.6. The van der Waals surface area contributed by atoms with Gasteiger partial charge in [0.15, 0.2) is 0 Å². The van der Waals surface area contributed by atoms with E-state index in [1.54, 1.807) is 18.6 Å². The van der Waals surface area contributed by atoms with Crippen molar-refractivity contribution >= 4 is 0 Å². The molecule has 0 saturated carbocycles. The molecule has 0 aromatic carbocycles. The molecule has 4 heterocycles. The monoisotopic (exact) mass is 327 g/mol. The summed E-state index contributed by atoms with van der Waals surface area (Å²) in [5.74, 6) is -0.00259. The predicted octanol–water partition coefficient (Wildman–Crippen LogP) is 3.49. The molecule has 0 radical (unpaired) electrons. The minimum absolute atomic E-state index is 0.00259. The fourth-order valence-electron chi connectivity index (χ4n) is 3.13. The topological polar surface area (TPSA) is 56.5 Å². The first-order valence-electron chi connectivity index (χ1n) is 8.13. The lowest BCUT2D eigenvalue weighted by Gasteiger charge is -2.27. The van der Waals surface area contributed by atoms with Crippen molar-refractivity contribution in [1.82, 2.24) is 24.7 Å². The van der Waals surface area contributed by atoms with Crippen LogP contribution < -0.4 is 0 Å². The summed E-state index contributed by atoms with van der Waals surface area (Å²) < 4.78 is 1.95. The van der Waals surface area contributed by atoms with Crippen molar-refractivity contribution in [2.75, 3.05) is 0 Å². The van der Waals surface area contributed by atoms with Crippen molar-refractivity contribution in [1.29, 1.82) is 0 Å². The van der Waals surface area contributed by atoms with E-state index in [9.17, 15) is 0 Å². The summed E-state index contributed by atoms with van der Waals surface area (Å²) in [5.41, 5.74) is 3.15. The van der Waals surface area contributed by atoms with Crippen LogP contribution in [0, 0.1) is 0 Å². The van der Waals surface area contributed by atoms with Crippen LogP contribution in [0.2, 0.25) is 0 Å². The highest BCUT2D eigenvalue weighted by atomic mass is 15.3. The fraction of sp³-hybridized carbons (Fsp3) is 0.100. The van der Waals surface area contributed by atoms with Crippen LogP contribution in [0.15, 0.2) is 91.9 Å². The van der Waals surface area contributed by atoms with Crippen LogP contribution in [0.1, 0.15) is 28.8 Å². The van der Waals surface area contributed by atoms with Crippen LogP contribution in [0.3, 0.4) is 0 Å². The standard InChI is InChI=1S/C20H17N5/c1-2-11-23-18(8-1)20(25-13-5-12-24-25)19(16-6-3-9-21-14-16)17-7-4-10-22-15-17/h1-15,19-20H. The highest BCUT2D eigenvalue weighted by Gasteiger charge is 2.29. The molecule has 0 amide bonds. The third-order valence-electron chi connectivity index (χ3n) is 4.20. The molecule has 1 unspecified atom stereocenters. The van der Waals surface area contributed by atoms with Gasteiger partial charge in [0.05, 0.1) is 5.69 Å². The molecule has 5 nitrogen and oxygen atoms in total. The molecule has 0 aliphatic heterocycles. The highest BCUT2D eigenvalue weighted by molar-refractivity contribution is 5.34.